The summed E-state index contributed by atoms with van der Waals surface area (Å²) in [4.78, 5) is 41.5. The van der Waals surface area contributed by atoms with E-state index in [9.17, 15) is 14.4 Å². The van der Waals surface area contributed by atoms with Crippen LogP contribution in [0.4, 0.5) is 0 Å². The molecule has 0 saturated heterocycles. The first-order chi connectivity index (χ1) is 10.4. The van der Waals surface area contributed by atoms with Crippen LogP contribution >= 0.6 is 0 Å². The van der Waals surface area contributed by atoms with Crippen molar-refractivity contribution < 1.29 is 9.90 Å². The number of fused-ring (bicyclic) bond motifs is 1. The molecule has 0 unspecified atom stereocenters. The molecule has 8 nitrogen and oxygen atoms in total. The van der Waals surface area contributed by atoms with Crippen molar-refractivity contribution in [2.45, 2.75) is 38.5 Å². The Morgan fingerprint density at radius 2 is 1.82 bits per heavy atom. The lowest BCUT2D eigenvalue weighted by atomic mass is 10.1. The first-order valence-corrected chi connectivity index (χ1v) is 7.28. The number of aromatic nitrogens is 4. The van der Waals surface area contributed by atoms with E-state index in [-0.39, 0.29) is 12.0 Å². The van der Waals surface area contributed by atoms with Gasteiger partial charge in [-0.25, -0.2) is 9.78 Å². The fourth-order valence-electron chi connectivity index (χ4n) is 2.41. The van der Waals surface area contributed by atoms with Gasteiger partial charge in [0.2, 0.25) is 0 Å². The van der Waals surface area contributed by atoms with Crippen molar-refractivity contribution in [2.24, 2.45) is 14.1 Å². The monoisotopic (exact) mass is 308 g/mol. The fourth-order valence-corrected chi connectivity index (χ4v) is 2.41. The zero-order valence-corrected chi connectivity index (χ0v) is 12.8. The van der Waals surface area contributed by atoms with Crippen molar-refractivity contribution in [3.8, 4) is 0 Å². The maximum Gasteiger partial charge on any atom is 0.332 e. The number of unbranched alkanes of at least 4 members (excludes halogenated alkanes) is 3. The molecule has 0 saturated carbocycles. The zero-order chi connectivity index (χ0) is 16.3. The second-order valence-electron chi connectivity index (χ2n) is 5.40. The molecular formula is C14H20N4O4. The Bertz CT molecular complexity index is 800. The van der Waals surface area contributed by atoms with Crippen LogP contribution in [0.15, 0.2) is 9.59 Å². The minimum absolute atomic E-state index is 0.197. The number of nitrogens with zero attached hydrogens (tertiary/aromatic N) is 3. The molecule has 2 rings (SSSR count). The van der Waals surface area contributed by atoms with Gasteiger partial charge in [0, 0.05) is 26.9 Å². The van der Waals surface area contributed by atoms with Gasteiger partial charge >= 0.3 is 11.7 Å². The first-order valence-electron chi connectivity index (χ1n) is 7.28. The maximum atomic E-state index is 12.0. The Balaban J connectivity index is 2.03. The standard InChI is InChI=1S/C14H20N4O4/c1-17-12-11(13(21)18(2)14(17)22)15-9(16-12)7-5-3-4-6-8-10(19)20/h3-8H2,1-2H3,(H,15,16)(H,19,20). The number of H-pyrrole nitrogens is 1. The summed E-state index contributed by atoms with van der Waals surface area (Å²) in [6.07, 6.45) is 4.15. The highest BCUT2D eigenvalue weighted by Gasteiger charge is 2.12. The lowest BCUT2D eigenvalue weighted by molar-refractivity contribution is -0.137. The number of hydrogen-bond donors (Lipinski definition) is 2. The molecule has 0 aliphatic heterocycles. The average Bonchev–Trinajstić information content (AvgIpc) is 2.90. The van der Waals surface area contributed by atoms with Gasteiger partial charge in [0.25, 0.3) is 5.56 Å². The molecule has 2 N–H and O–H groups in total. The molecule has 2 aromatic rings. The van der Waals surface area contributed by atoms with Gasteiger partial charge in [0.05, 0.1) is 0 Å². The lowest BCUT2D eigenvalue weighted by Crippen LogP contribution is -2.36. The zero-order valence-electron chi connectivity index (χ0n) is 12.8. The van der Waals surface area contributed by atoms with Gasteiger partial charge in [-0.05, 0) is 12.8 Å². The van der Waals surface area contributed by atoms with Crippen LogP contribution in [0.5, 0.6) is 0 Å². The maximum absolute atomic E-state index is 12.0. The van der Waals surface area contributed by atoms with E-state index >= 15 is 0 Å². The summed E-state index contributed by atoms with van der Waals surface area (Å²) < 4.78 is 2.40. The van der Waals surface area contributed by atoms with Crippen molar-refractivity contribution in [2.75, 3.05) is 0 Å². The highest BCUT2D eigenvalue weighted by Crippen LogP contribution is 2.09. The molecule has 0 fully saturated rings. The molecule has 2 heterocycles. The number of aryl methyl sites for hydroxylation is 2. The molecule has 22 heavy (non-hydrogen) atoms. The minimum Gasteiger partial charge on any atom is -0.481 e. The van der Waals surface area contributed by atoms with Crippen LogP contribution in [0, 0.1) is 0 Å². The number of aliphatic carboxylic acids is 1. The van der Waals surface area contributed by atoms with Crippen molar-refractivity contribution in [1.29, 1.82) is 0 Å². The molecule has 8 heteroatoms. The third kappa shape index (κ3) is 3.26. The smallest absolute Gasteiger partial charge is 0.332 e. The summed E-state index contributed by atoms with van der Waals surface area (Å²) in [5.74, 6) is -0.0967. The Labute approximate surface area is 126 Å². The van der Waals surface area contributed by atoms with Crippen molar-refractivity contribution in [1.82, 2.24) is 19.1 Å². The van der Waals surface area contributed by atoms with Crippen LogP contribution in [0.3, 0.4) is 0 Å². The quantitative estimate of drug-likeness (QED) is 0.725. The molecule has 0 aliphatic carbocycles. The van der Waals surface area contributed by atoms with E-state index < -0.39 is 11.7 Å². The van der Waals surface area contributed by atoms with E-state index in [4.69, 9.17) is 5.11 Å². The summed E-state index contributed by atoms with van der Waals surface area (Å²) >= 11 is 0. The molecule has 0 spiro atoms. The summed E-state index contributed by atoms with van der Waals surface area (Å²) in [6, 6.07) is 0. The van der Waals surface area contributed by atoms with Gasteiger partial charge < -0.3 is 10.1 Å². The summed E-state index contributed by atoms with van der Waals surface area (Å²) in [5.41, 5.74) is -0.0676. The molecule has 0 radical (unpaired) electrons. The molecule has 0 amide bonds. The highest BCUT2D eigenvalue weighted by molar-refractivity contribution is 5.69. The number of nitrogens with one attached hydrogen (secondary N) is 1. The molecule has 0 aliphatic rings. The molecule has 0 aromatic carbocycles. The second-order valence-corrected chi connectivity index (χ2v) is 5.40. The van der Waals surface area contributed by atoms with Gasteiger partial charge in [-0.15, -0.1) is 0 Å². The van der Waals surface area contributed by atoms with Crippen LogP contribution in [-0.4, -0.2) is 30.2 Å². The minimum atomic E-state index is -0.769. The number of imidazole rings is 1. The average molecular weight is 308 g/mol. The van der Waals surface area contributed by atoms with Crippen LogP contribution in [0.25, 0.3) is 11.2 Å². The Morgan fingerprint density at radius 3 is 2.50 bits per heavy atom. The molecule has 0 bridgehead atoms. The van der Waals surface area contributed by atoms with Gasteiger partial charge in [-0.3, -0.25) is 18.7 Å². The van der Waals surface area contributed by atoms with Crippen LogP contribution in [0.2, 0.25) is 0 Å². The van der Waals surface area contributed by atoms with Crippen molar-refractivity contribution in [3.63, 3.8) is 0 Å². The van der Waals surface area contributed by atoms with E-state index in [0.29, 0.717) is 29.8 Å². The van der Waals surface area contributed by atoms with Crippen LogP contribution < -0.4 is 11.2 Å². The van der Waals surface area contributed by atoms with E-state index in [2.05, 4.69) is 9.97 Å². The number of carbonyl (C=O) groups is 1. The molecule has 0 atom stereocenters. The summed E-state index contributed by atoms with van der Waals surface area (Å²) in [7, 11) is 3.02. The third-order valence-electron chi connectivity index (χ3n) is 3.70. The number of carboxylic acid groups (broad SMARTS) is 1. The largest absolute Gasteiger partial charge is 0.481 e. The fraction of sp³-hybridized carbons (Fsp3) is 0.571. The molecule has 120 valence electrons. The molecule has 2 aromatic heterocycles. The second kappa shape index (κ2) is 6.59. The predicted molar refractivity (Wildman–Crippen MR) is 81.0 cm³/mol. The van der Waals surface area contributed by atoms with Gasteiger partial charge in [-0.1, -0.05) is 12.8 Å². The summed E-state index contributed by atoms with van der Waals surface area (Å²) in [5, 5.41) is 8.55. The summed E-state index contributed by atoms with van der Waals surface area (Å²) in [6.45, 7) is 0. The normalized spacial score (nSPS) is 11.2. The Morgan fingerprint density at radius 1 is 1.14 bits per heavy atom. The van der Waals surface area contributed by atoms with Crippen molar-refractivity contribution >= 4 is 17.1 Å². The van der Waals surface area contributed by atoms with E-state index in [1.807, 2.05) is 0 Å². The first kappa shape index (κ1) is 16.0. The van der Waals surface area contributed by atoms with E-state index in [1.165, 1.54) is 11.6 Å². The van der Waals surface area contributed by atoms with Gasteiger partial charge in [-0.2, -0.15) is 0 Å². The van der Waals surface area contributed by atoms with Crippen LogP contribution in [0.1, 0.15) is 37.9 Å². The lowest BCUT2D eigenvalue weighted by Gasteiger charge is -2.00. The Kier molecular flexibility index (Phi) is 4.79. The van der Waals surface area contributed by atoms with Gasteiger partial charge in [0.15, 0.2) is 5.65 Å². The predicted octanol–water partition coefficient (Wildman–Crippen LogP) is 0.538. The van der Waals surface area contributed by atoms with Crippen LogP contribution in [-0.2, 0) is 25.3 Å². The van der Waals surface area contributed by atoms with E-state index in [0.717, 1.165) is 23.8 Å². The number of rotatable bonds is 7. The highest BCUT2D eigenvalue weighted by atomic mass is 16.4. The van der Waals surface area contributed by atoms with Gasteiger partial charge in [0.1, 0.15) is 11.3 Å². The number of carboxylic acids is 1. The number of hydrogen-bond acceptors (Lipinski definition) is 4. The SMILES string of the molecule is Cn1c(=O)c2[nH]c(CCCCCCC(=O)O)nc2n(C)c1=O. The third-order valence-corrected chi connectivity index (χ3v) is 3.70. The molecular weight excluding hydrogens is 288 g/mol. The van der Waals surface area contributed by atoms with E-state index in [1.54, 1.807) is 7.05 Å². The topological polar surface area (TPSA) is 110 Å². The Hall–Kier alpha value is -2.38. The number of aromatic amines is 1. The van der Waals surface area contributed by atoms with Crippen molar-refractivity contribution in [3.05, 3.63) is 26.7 Å².